The van der Waals surface area contributed by atoms with Gasteiger partial charge in [-0.15, -0.1) is 13.2 Å². The molecule has 0 aromatic heterocycles. The fraction of sp³-hybridized carbons (Fsp3) is 0.778. The van der Waals surface area contributed by atoms with Gasteiger partial charge in [-0.1, -0.05) is 19.1 Å². The van der Waals surface area contributed by atoms with Gasteiger partial charge in [0.1, 0.15) is 0 Å². The fourth-order valence-corrected chi connectivity index (χ4v) is 5.77. The summed E-state index contributed by atoms with van der Waals surface area (Å²) >= 11 is 0. The minimum atomic E-state index is 0.0754. The quantitative estimate of drug-likeness (QED) is 0.573. The van der Waals surface area contributed by atoms with Crippen LogP contribution in [0.15, 0.2) is 25.3 Å². The molecule has 4 rings (SSSR count). The molecule has 2 nitrogen and oxygen atoms in total. The summed E-state index contributed by atoms with van der Waals surface area (Å²) in [6.07, 6.45) is 12.5. The molecule has 0 radical (unpaired) electrons. The second-order valence-corrected chi connectivity index (χ2v) is 7.67. The first kappa shape index (κ1) is 13.1. The van der Waals surface area contributed by atoms with E-state index in [1.54, 1.807) is 0 Å². The predicted molar refractivity (Wildman–Crippen MR) is 79.4 cm³/mol. The molecule has 2 aliphatic carbocycles. The molecular formula is C18H26O2. The SMILES string of the molecule is C=CC[C@@H]1C[C@@]2(C)C[C@@H](CC=C)[C@H]3C[C@@H]4O[C@@H]4C[C@@]32O1. The standard InChI is InChI=1S/C18H26O2/c1-4-6-12-9-17(3)10-13(7-5-2)20-18(17)11-16-15(19-16)8-14(12)18/h4-5,12-16H,1-2,6-11H2,3H3/t12-,13-,14-,15+,16-,17-,18-/m1/s1. The number of allylic oxidation sites excluding steroid dienone is 1. The molecular weight excluding hydrogens is 248 g/mol. The van der Waals surface area contributed by atoms with Crippen LogP contribution in [0, 0.1) is 17.3 Å². The molecule has 4 fully saturated rings. The highest BCUT2D eigenvalue weighted by molar-refractivity contribution is 5.21. The van der Waals surface area contributed by atoms with Crippen LogP contribution >= 0.6 is 0 Å². The lowest BCUT2D eigenvalue weighted by atomic mass is 9.66. The van der Waals surface area contributed by atoms with Crippen LogP contribution in [0.3, 0.4) is 0 Å². The first-order chi connectivity index (χ1) is 9.62. The molecule has 0 N–H and O–H groups in total. The number of fused-ring (bicyclic) bond motifs is 1. The first-order valence-corrected chi connectivity index (χ1v) is 8.17. The molecule has 2 saturated carbocycles. The zero-order valence-electron chi connectivity index (χ0n) is 12.5. The van der Waals surface area contributed by atoms with Crippen LogP contribution in [0.25, 0.3) is 0 Å². The lowest BCUT2D eigenvalue weighted by molar-refractivity contribution is -0.117. The van der Waals surface area contributed by atoms with Gasteiger partial charge in [-0.2, -0.15) is 0 Å². The van der Waals surface area contributed by atoms with E-state index in [1.807, 2.05) is 6.08 Å². The molecule has 0 unspecified atom stereocenters. The maximum absolute atomic E-state index is 6.71. The van der Waals surface area contributed by atoms with Gasteiger partial charge in [-0.3, -0.25) is 0 Å². The third-order valence-corrected chi connectivity index (χ3v) is 6.53. The fourth-order valence-electron chi connectivity index (χ4n) is 5.77. The summed E-state index contributed by atoms with van der Waals surface area (Å²) in [6, 6.07) is 0. The zero-order valence-corrected chi connectivity index (χ0v) is 12.5. The summed E-state index contributed by atoms with van der Waals surface area (Å²) in [4.78, 5) is 0. The number of hydrogen-bond donors (Lipinski definition) is 0. The van der Waals surface area contributed by atoms with E-state index in [2.05, 4.69) is 26.2 Å². The average Bonchev–Trinajstić information content (AvgIpc) is 3.03. The molecule has 1 spiro atoms. The second-order valence-electron chi connectivity index (χ2n) is 7.67. The van der Waals surface area contributed by atoms with Gasteiger partial charge >= 0.3 is 0 Å². The van der Waals surface area contributed by atoms with Gasteiger partial charge in [0.05, 0.1) is 23.9 Å². The third kappa shape index (κ3) is 1.58. The number of hydrogen-bond acceptors (Lipinski definition) is 2. The van der Waals surface area contributed by atoms with Crippen LogP contribution in [0.4, 0.5) is 0 Å². The van der Waals surface area contributed by atoms with Crippen molar-refractivity contribution in [2.45, 2.75) is 69.4 Å². The number of ether oxygens (including phenoxy) is 2. The Balaban J connectivity index is 1.67. The van der Waals surface area contributed by atoms with Gasteiger partial charge in [0.2, 0.25) is 0 Å². The summed E-state index contributed by atoms with van der Waals surface area (Å²) in [5.74, 6) is 1.41. The molecule has 0 aromatic rings. The molecule has 2 heterocycles. The Morgan fingerprint density at radius 3 is 2.65 bits per heavy atom. The minimum Gasteiger partial charge on any atom is -0.370 e. The molecule has 0 bridgehead atoms. The van der Waals surface area contributed by atoms with Crippen LogP contribution in [-0.4, -0.2) is 23.9 Å². The van der Waals surface area contributed by atoms with Crippen molar-refractivity contribution in [2.24, 2.45) is 17.3 Å². The van der Waals surface area contributed by atoms with Crippen molar-refractivity contribution in [3.63, 3.8) is 0 Å². The van der Waals surface area contributed by atoms with Gasteiger partial charge in [0.15, 0.2) is 0 Å². The van der Waals surface area contributed by atoms with Gasteiger partial charge in [-0.05, 0) is 49.4 Å². The Kier molecular flexibility index (Phi) is 2.75. The van der Waals surface area contributed by atoms with E-state index in [4.69, 9.17) is 9.47 Å². The van der Waals surface area contributed by atoms with Crippen molar-refractivity contribution in [1.29, 1.82) is 0 Å². The van der Waals surface area contributed by atoms with E-state index in [9.17, 15) is 0 Å². The highest BCUT2D eigenvalue weighted by Gasteiger charge is 2.71. The van der Waals surface area contributed by atoms with E-state index in [1.165, 1.54) is 19.3 Å². The van der Waals surface area contributed by atoms with Gasteiger partial charge in [0.25, 0.3) is 0 Å². The monoisotopic (exact) mass is 274 g/mol. The molecule has 110 valence electrons. The van der Waals surface area contributed by atoms with Crippen LogP contribution in [0.1, 0.15) is 45.4 Å². The zero-order chi connectivity index (χ0) is 14.0. The maximum Gasteiger partial charge on any atom is 0.0869 e. The normalized spacial score (nSPS) is 55.8. The topological polar surface area (TPSA) is 21.8 Å². The highest BCUT2D eigenvalue weighted by Crippen LogP contribution is 2.69. The summed E-state index contributed by atoms with van der Waals surface area (Å²) in [5.41, 5.74) is 0.405. The highest BCUT2D eigenvalue weighted by atomic mass is 16.6. The van der Waals surface area contributed by atoms with Crippen molar-refractivity contribution in [1.82, 2.24) is 0 Å². The van der Waals surface area contributed by atoms with Gasteiger partial charge in [0, 0.05) is 6.42 Å². The molecule has 0 aromatic carbocycles. The second kappa shape index (κ2) is 4.20. The Hall–Kier alpha value is -0.600. The van der Waals surface area contributed by atoms with E-state index in [-0.39, 0.29) is 5.60 Å². The summed E-state index contributed by atoms with van der Waals surface area (Å²) in [7, 11) is 0. The molecule has 20 heavy (non-hydrogen) atoms. The Labute approximate surface area is 122 Å². The Morgan fingerprint density at radius 2 is 1.90 bits per heavy atom. The van der Waals surface area contributed by atoms with E-state index in [0.29, 0.717) is 29.6 Å². The number of rotatable bonds is 4. The summed E-state index contributed by atoms with van der Waals surface area (Å²) < 4.78 is 12.6. The minimum absolute atomic E-state index is 0.0754. The molecule has 2 aliphatic heterocycles. The Bertz CT molecular complexity index is 445. The molecule has 2 saturated heterocycles. The average molecular weight is 274 g/mol. The van der Waals surface area contributed by atoms with Crippen LogP contribution in [0.2, 0.25) is 0 Å². The maximum atomic E-state index is 6.71. The van der Waals surface area contributed by atoms with Gasteiger partial charge < -0.3 is 9.47 Å². The third-order valence-electron chi connectivity index (χ3n) is 6.53. The lowest BCUT2D eigenvalue weighted by Crippen LogP contribution is -2.49. The molecule has 7 atom stereocenters. The molecule has 0 amide bonds. The van der Waals surface area contributed by atoms with Crippen LogP contribution in [0.5, 0.6) is 0 Å². The van der Waals surface area contributed by atoms with Crippen molar-refractivity contribution in [3.05, 3.63) is 25.3 Å². The van der Waals surface area contributed by atoms with Crippen molar-refractivity contribution in [3.8, 4) is 0 Å². The smallest absolute Gasteiger partial charge is 0.0869 e. The van der Waals surface area contributed by atoms with E-state index < -0.39 is 0 Å². The van der Waals surface area contributed by atoms with E-state index in [0.717, 1.165) is 25.2 Å². The van der Waals surface area contributed by atoms with Gasteiger partial charge in [-0.25, -0.2) is 0 Å². The molecule has 4 aliphatic rings. The van der Waals surface area contributed by atoms with Crippen LogP contribution < -0.4 is 0 Å². The molecule has 2 heteroatoms. The lowest BCUT2D eigenvalue weighted by Gasteiger charge is -2.43. The van der Waals surface area contributed by atoms with E-state index >= 15 is 0 Å². The van der Waals surface area contributed by atoms with Crippen molar-refractivity contribution in [2.75, 3.05) is 0 Å². The predicted octanol–water partition coefficient (Wildman–Crippen LogP) is 3.87. The van der Waals surface area contributed by atoms with Crippen molar-refractivity contribution >= 4 is 0 Å². The number of epoxide rings is 1. The van der Waals surface area contributed by atoms with Crippen molar-refractivity contribution < 1.29 is 9.47 Å². The van der Waals surface area contributed by atoms with Crippen LogP contribution in [-0.2, 0) is 9.47 Å². The first-order valence-electron chi connectivity index (χ1n) is 8.17. The summed E-state index contributed by atoms with van der Waals surface area (Å²) in [6.45, 7) is 10.3. The summed E-state index contributed by atoms with van der Waals surface area (Å²) in [5, 5.41) is 0. The Morgan fingerprint density at radius 1 is 1.10 bits per heavy atom. The largest absolute Gasteiger partial charge is 0.370 e.